The summed E-state index contributed by atoms with van der Waals surface area (Å²) in [5.74, 6) is -1.60. The van der Waals surface area contributed by atoms with Crippen molar-refractivity contribution in [1.29, 1.82) is 0 Å². The van der Waals surface area contributed by atoms with Gasteiger partial charge in [0.2, 0.25) is 5.91 Å². The number of amides is 1. The lowest BCUT2D eigenvalue weighted by Gasteiger charge is -2.09. The molecule has 94 valence electrons. The molecule has 1 aromatic rings. The standard InChI is InChI=1S/C10H13NO5S/c1-7(17(15)6-9(12)13)10(14)11-5-8-3-2-4-16-8/h2-4,7H,5-6H2,1H3,(H,11,14)(H,12,13). The van der Waals surface area contributed by atoms with Crippen LogP contribution in [-0.4, -0.2) is 32.2 Å². The van der Waals surface area contributed by atoms with Gasteiger partial charge in [0.15, 0.2) is 0 Å². The van der Waals surface area contributed by atoms with Crippen LogP contribution in [0.25, 0.3) is 0 Å². The Kier molecular flexibility index (Phi) is 4.89. The van der Waals surface area contributed by atoms with Crippen molar-refractivity contribution in [2.75, 3.05) is 5.75 Å². The second-order valence-electron chi connectivity index (χ2n) is 3.36. The minimum absolute atomic E-state index is 0.195. The molecule has 1 amide bonds. The Morgan fingerprint density at radius 3 is 2.82 bits per heavy atom. The number of hydrogen-bond acceptors (Lipinski definition) is 4. The molecule has 0 fully saturated rings. The zero-order valence-corrected chi connectivity index (χ0v) is 10.0. The van der Waals surface area contributed by atoms with Crippen LogP contribution in [0, 0.1) is 0 Å². The third-order valence-corrected chi connectivity index (χ3v) is 3.58. The van der Waals surface area contributed by atoms with Gasteiger partial charge in [0.1, 0.15) is 16.8 Å². The first-order valence-corrected chi connectivity index (χ1v) is 6.28. The summed E-state index contributed by atoms with van der Waals surface area (Å²) < 4.78 is 16.4. The second-order valence-corrected chi connectivity index (χ2v) is 5.12. The Hall–Kier alpha value is -1.63. The van der Waals surface area contributed by atoms with Gasteiger partial charge in [-0.25, -0.2) is 0 Å². The quantitative estimate of drug-likeness (QED) is 0.756. The first-order chi connectivity index (χ1) is 8.00. The molecule has 0 saturated heterocycles. The zero-order chi connectivity index (χ0) is 12.8. The maximum atomic E-state index is 11.5. The fraction of sp³-hybridized carbons (Fsp3) is 0.400. The van der Waals surface area contributed by atoms with Crippen LogP contribution >= 0.6 is 0 Å². The van der Waals surface area contributed by atoms with Crippen molar-refractivity contribution < 1.29 is 23.3 Å². The Labute approximate surface area is 100 Å². The van der Waals surface area contributed by atoms with Crippen LogP contribution in [0.15, 0.2) is 22.8 Å². The molecule has 2 atom stereocenters. The predicted molar refractivity (Wildman–Crippen MR) is 60.7 cm³/mol. The predicted octanol–water partition coefficient (Wildman–Crippen LogP) is 0.118. The SMILES string of the molecule is CC(C(=O)NCc1ccco1)S(=O)CC(=O)O. The van der Waals surface area contributed by atoms with E-state index in [1.54, 1.807) is 12.1 Å². The molecule has 0 aliphatic carbocycles. The summed E-state index contributed by atoms with van der Waals surface area (Å²) >= 11 is 0. The highest BCUT2D eigenvalue weighted by Crippen LogP contribution is 2.01. The van der Waals surface area contributed by atoms with Gasteiger partial charge in [-0.15, -0.1) is 0 Å². The second kappa shape index (κ2) is 6.19. The normalized spacial score (nSPS) is 13.9. The molecule has 0 spiro atoms. The number of rotatable bonds is 6. The average Bonchev–Trinajstić information content (AvgIpc) is 2.76. The van der Waals surface area contributed by atoms with E-state index >= 15 is 0 Å². The highest BCUT2D eigenvalue weighted by molar-refractivity contribution is 7.87. The van der Waals surface area contributed by atoms with Crippen LogP contribution in [-0.2, 0) is 26.9 Å². The average molecular weight is 259 g/mol. The number of hydrogen-bond donors (Lipinski definition) is 2. The molecule has 0 aromatic carbocycles. The van der Waals surface area contributed by atoms with Crippen molar-refractivity contribution in [3.63, 3.8) is 0 Å². The number of carboxylic acids is 1. The van der Waals surface area contributed by atoms with E-state index in [4.69, 9.17) is 9.52 Å². The number of carboxylic acid groups (broad SMARTS) is 1. The van der Waals surface area contributed by atoms with E-state index in [2.05, 4.69) is 5.32 Å². The lowest BCUT2D eigenvalue weighted by atomic mass is 10.4. The van der Waals surface area contributed by atoms with Crippen LogP contribution in [0.5, 0.6) is 0 Å². The van der Waals surface area contributed by atoms with E-state index in [0.717, 1.165) is 0 Å². The number of nitrogens with one attached hydrogen (secondary N) is 1. The van der Waals surface area contributed by atoms with Crippen LogP contribution in [0.1, 0.15) is 12.7 Å². The fourth-order valence-electron chi connectivity index (χ4n) is 1.10. The number of carbonyl (C=O) groups excluding carboxylic acids is 1. The summed E-state index contributed by atoms with van der Waals surface area (Å²) in [5, 5.41) is 10.1. The first kappa shape index (κ1) is 13.4. The van der Waals surface area contributed by atoms with Gasteiger partial charge >= 0.3 is 5.97 Å². The molecular formula is C10H13NO5S. The highest BCUT2D eigenvalue weighted by atomic mass is 32.2. The van der Waals surface area contributed by atoms with Gasteiger partial charge in [-0.2, -0.15) is 0 Å². The van der Waals surface area contributed by atoms with Gasteiger partial charge in [0, 0.05) is 10.8 Å². The number of aliphatic carboxylic acids is 1. The Balaban J connectivity index is 2.41. The van der Waals surface area contributed by atoms with E-state index in [0.29, 0.717) is 5.76 Å². The fourth-order valence-corrected chi connectivity index (χ4v) is 1.91. The van der Waals surface area contributed by atoms with Crippen molar-refractivity contribution in [2.24, 2.45) is 0 Å². The van der Waals surface area contributed by atoms with E-state index in [1.807, 2.05) is 0 Å². The van der Waals surface area contributed by atoms with E-state index in [1.165, 1.54) is 13.2 Å². The van der Waals surface area contributed by atoms with Gasteiger partial charge in [-0.05, 0) is 19.1 Å². The molecule has 0 bridgehead atoms. The molecule has 0 saturated carbocycles. The van der Waals surface area contributed by atoms with Crippen molar-refractivity contribution in [3.8, 4) is 0 Å². The maximum absolute atomic E-state index is 11.5. The van der Waals surface area contributed by atoms with E-state index in [-0.39, 0.29) is 6.54 Å². The van der Waals surface area contributed by atoms with Crippen molar-refractivity contribution >= 4 is 22.7 Å². The number of furan rings is 1. The smallest absolute Gasteiger partial charge is 0.316 e. The summed E-state index contributed by atoms with van der Waals surface area (Å²) in [6.45, 7) is 1.62. The third-order valence-electron chi connectivity index (χ3n) is 2.05. The summed E-state index contributed by atoms with van der Waals surface area (Å²) in [4.78, 5) is 21.9. The van der Waals surface area contributed by atoms with Crippen LogP contribution in [0.2, 0.25) is 0 Å². The summed E-state index contributed by atoms with van der Waals surface area (Å²) in [6, 6.07) is 3.38. The molecular weight excluding hydrogens is 246 g/mol. The Bertz CT molecular complexity index is 414. The molecule has 1 heterocycles. The molecule has 17 heavy (non-hydrogen) atoms. The number of carbonyl (C=O) groups is 2. The van der Waals surface area contributed by atoms with Crippen LogP contribution in [0.3, 0.4) is 0 Å². The molecule has 7 heteroatoms. The molecule has 2 unspecified atom stereocenters. The lowest BCUT2D eigenvalue weighted by molar-refractivity contribution is -0.133. The van der Waals surface area contributed by atoms with Gasteiger partial charge < -0.3 is 14.8 Å². The minimum atomic E-state index is -1.72. The van der Waals surface area contributed by atoms with Crippen molar-refractivity contribution in [1.82, 2.24) is 5.32 Å². The largest absolute Gasteiger partial charge is 0.481 e. The Morgan fingerprint density at radius 1 is 1.59 bits per heavy atom. The molecule has 1 rings (SSSR count). The van der Waals surface area contributed by atoms with E-state index < -0.39 is 33.7 Å². The highest BCUT2D eigenvalue weighted by Gasteiger charge is 2.21. The molecule has 0 aliphatic rings. The maximum Gasteiger partial charge on any atom is 0.316 e. The first-order valence-electron chi connectivity index (χ1n) is 4.89. The summed E-state index contributed by atoms with van der Waals surface area (Å²) in [5.41, 5.74) is 0. The van der Waals surface area contributed by atoms with Gasteiger partial charge in [-0.3, -0.25) is 13.8 Å². The molecule has 1 aromatic heterocycles. The van der Waals surface area contributed by atoms with Crippen molar-refractivity contribution in [3.05, 3.63) is 24.2 Å². The monoisotopic (exact) mass is 259 g/mol. The molecule has 0 radical (unpaired) electrons. The van der Waals surface area contributed by atoms with Gasteiger partial charge in [0.25, 0.3) is 0 Å². The van der Waals surface area contributed by atoms with Crippen LogP contribution < -0.4 is 5.32 Å². The molecule has 2 N–H and O–H groups in total. The van der Waals surface area contributed by atoms with Crippen LogP contribution in [0.4, 0.5) is 0 Å². The zero-order valence-electron chi connectivity index (χ0n) is 9.21. The molecule has 0 aliphatic heterocycles. The summed E-state index contributed by atoms with van der Waals surface area (Å²) in [7, 11) is -1.72. The molecule has 6 nitrogen and oxygen atoms in total. The van der Waals surface area contributed by atoms with E-state index in [9.17, 15) is 13.8 Å². The third kappa shape index (κ3) is 4.39. The topological polar surface area (TPSA) is 96.6 Å². The van der Waals surface area contributed by atoms with Crippen molar-refractivity contribution in [2.45, 2.75) is 18.7 Å². The Morgan fingerprint density at radius 2 is 2.29 bits per heavy atom. The lowest BCUT2D eigenvalue weighted by Crippen LogP contribution is -2.36. The summed E-state index contributed by atoms with van der Waals surface area (Å²) in [6.07, 6.45) is 1.48. The van der Waals surface area contributed by atoms with Gasteiger partial charge in [-0.1, -0.05) is 0 Å². The minimum Gasteiger partial charge on any atom is -0.481 e. The van der Waals surface area contributed by atoms with Gasteiger partial charge in [0.05, 0.1) is 12.8 Å².